The Kier molecular flexibility index (Phi) is 8.31. The maximum atomic E-state index is 13.0. The van der Waals surface area contributed by atoms with Gasteiger partial charge in [0.25, 0.3) is 0 Å². The zero-order chi connectivity index (χ0) is 25.6. The Bertz CT molecular complexity index is 1170. The summed E-state index contributed by atoms with van der Waals surface area (Å²) in [6.07, 6.45) is 4.54. The molecule has 37 heavy (non-hydrogen) atoms. The second-order valence-electron chi connectivity index (χ2n) is 11.0. The fraction of sp³-hybridized carbons (Fsp3) is 0.500. The van der Waals surface area contributed by atoms with Crippen LogP contribution in [-0.4, -0.2) is 52.0 Å². The Morgan fingerprint density at radius 1 is 1.00 bits per heavy atom. The number of piperidine rings is 2. The van der Waals surface area contributed by atoms with Gasteiger partial charge in [-0.15, -0.1) is 0 Å². The summed E-state index contributed by atoms with van der Waals surface area (Å²) in [5, 5.41) is 7.32. The van der Waals surface area contributed by atoms with Crippen molar-refractivity contribution in [3.05, 3.63) is 71.1 Å². The van der Waals surface area contributed by atoms with Gasteiger partial charge in [0.2, 0.25) is 17.6 Å². The predicted octanol–water partition coefficient (Wildman–Crippen LogP) is 4.81. The summed E-state index contributed by atoms with van der Waals surface area (Å²) in [5.74, 6) is 2.11. The molecule has 0 aliphatic carbocycles. The summed E-state index contributed by atoms with van der Waals surface area (Å²) < 4.78 is 5.52. The molecule has 2 unspecified atom stereocenters. The van der Waals surface area contributed by atoms with E-state index in [2.05, 4.69) is 75.5 Å². The maximum Gasteiger partial charge on any atom is 0.241 e. The molecule has 3 aromatic rings. The van der Waals surface area contributed by atoms with Gasteiger partial charge in [-0.1, -0.05) is 60.1 Å². The first-order valence-electron chi connectivity index (χ1n) is 13.7. The van der Waals surface area contributed by atoms with Crippen LogP contribution in [0.3, 0.4) is 0 Å². The first-order valence-corrected chi connectivity index (χ1v) is 13.7. The zero-order valence-corrected chi connectivity index (χ0v) is 22.2. The zero-order valence-electron chi connectivity index (χ0n) is 22.2. The van der Waals surface area contributed by atoms with E-state index < -0.39 is 0 Å². The number of benzene rings is 2. The van der Waals surface area contributed by atoms with Gasteiger partial charge in [-0.2, -0.15) is 4.98 Å². The summed E-state index contributed by atoms with van der Waals surface area (Å²) in [4.78, 5) is 22.3. The van der Waals surface area contributed by atoms with Crippen LogP contribution in [0.5, 0.6) is 0 Å². The van der Waals surface area contributed by atoms with E-state index in [-0.39, 0.29) is 11.8 Å². The second-order valence-corrected chi connectivity index (χ2v) is 11.0. The topological polar surface area (TPSA) is 74.5 Å². The lowest BCUT2D eigenvalue weighted by molar-refractivity contribution is -0.127. The number of hydrogen-bond acceptors (Lipinski definition) is 6. The molecular weight excluding hydrogens is 462 g/mol. The number of carbonyl (C=O) groups is 1. The minimum atomic E-state index is -0.0201. The van der Waals surface area contributed by atoms with E-state index in [1.165, 1.54) is 31.5 Å². The van der Waals surface area contributed by atoms with Crippen LogP contribution in [0.1, 0.15) is 55.2 Å². The lowest BCUT2D eigenvalue weighted by Crippen LogP contribution is -2.42. The first-order chi connectivity index (χ1) is 18.0. The van der Waals surface area contributed by atoms with Gasteiger partial charge in [-0.25, -0.2) is 0 Å². The van der Waals surface area contributed by atoms with Crippen molar-refractivity contribution < 1.29 is 9.32 Å². The van der Waals surface area contributed by atoms with Crippen LogP contribution >= 0.6 is 0 Å². The Hall–Kier alpha value is -3.03. The van der Waals surface area contributed by atoms with Gasteiger partial charge >= 0.3 is 0 Å². The maximum absolute atomic E-state index is 13.0. The largest absolute Gasteiger partial charge is 0.352 e. The average Bonchev–Trinajstić information content (AvgIpc) is 3.37. The van der Waals surface area contributed by atoms with Gasteiger partial charge in [-0.05, 0) is 68.8 Å². The van der Waals surface area contributed by atoms with E-state index in [9.17, 15) is 4.79 Å². The van der Waals surface area contributed by atoms with Crippen LogP contribution < -0.4 is 5.32 Å². The third kappa shape index (κ3) is 7.05. The highest BCUT2D eigenvalue weighted by molar-refractivity contribution is 5.79. The van der Waals surface area contributed by atoms with E-state index >= 15 is 0 Å². The van der Waals surface area contributed by atoms with Crippen molar-refractivity contribution in [1.29, 1.82) is 0 Å². The molecular formula is C30H39N5O2. The number of likely N-dealkylation sites (tertiary alicyclic amines) is 2. The molecule has 0 bridgehead atoms. The number of aromatic nitrogens is 2. The van der Waals surface area contributed by atoms with E-state index in [0.29, 0.717) is 31.3 Å². The van der Waals surface area contributed by atoms with Crippen LogP contribution in [0.15, 0.2) is 53.1 Å². The molecule has 2 aromatic carbocycles. The summed E-state index contributed by atoms with van der Waals surface area (Å²) >= 11 is 0. The first kappa shape index (κ1) is 25.6. The van der Waals surface area contributed by atoms with Crippen molar-refractivity contribution in [2.75, 3.05) is 26.2 Å². The standard InChI is InChI=1S/C30H39N5O2/c1-22-6-3-8-26(16-22)29-32-28(37-33-29)21-35-15-5-9-27(20-35)30(36)31-17-24-10-12-25(13-11-24)19-34-14-4-7-23(2)18-34/h3,6,8,10-13,16,23,27H,4-5,7,9,14-15,17-21H2,1-2H3,(H,31,36). The van der Waals surface area contributed by atoms with E-state index in [1.807, 2.05) is 12.1 Å². The molecule has 0 radical (unpaired) electrons. The Balaban J connectivity index is 1.09. The molecule has 2 aliphatic rings. The van der Waals surface area contributed by atoms with Crippen molar-refractivity contribution in [1.82, 2.24) is 25.3 Å². The number of amides is 1. The van der Waals surface area contributed by atoms with Crippen LogP contribution in [0.25, 0.3) is 11.4 Å². The summed E-state index contributed by atoms with van der Waals surface area (Å²) in [6, 6.07) is 16.8. The molecule has 1 N–H and O–H groups in total. The van der Waals surface area contributed by atoms with Crippen LogP contribution in [0.2, 0.25) is 0 Å². The molecule has 3 heterocycles. The molecule has 2 aliphatic heterocycles. The normalized spacial score (nSPS) is 21.1. The molecule has 5 rings (SSSR count). The monoisotopic (exact) mass is 501 g/mol. The van der Waals surface area contributed by atoms with Gasteiger partial charge in [0.1, 0.15) is 0 Å². The highest BCUT2D eigenvalue weighted by atomic mass is 16.5. The van der Waals surface area contributed by atoms with Crippen molar-refractivity contribution in [3.63, 3.8) is 0 Å². The van der Waals surface area contributed by atoms with Crippen molar-refractivity contribution >= 4 is 5.91 Å². The number of rotatable bonds is 8. The van der Waals surface area contributed by atoms with E-state index in [4.69, 9.17) is 4.52 Å². The molecule has 7 heteroatoms. The van der Waals surface area contributed by atoms with E-state index in [0.717, 1.165) is 48.5 Å². The molecule has 2 saturated heterocycles. The third-order valence-electron chi connectivity index (χ3n) is 7.62. The lowest BCUT2D eigenvalue weighted by atomic mass is 9.97. The average molecular weight is 502 g/mol. The number of carbonyl (C=O) groups excluding carboxylic acids is 1. The lowest BCUT2D eigenvalue weighted by Gasteiger charge is -2.31. The predicted molar refractivity (Wildman–Crippen MR) is 144 cm³/mol. The van der Waals surface area contributed by atoms with Crippen LogP contribution in [0, 0.1) is 18.8 Å². The summed E-state index contributed by atoms with van der Waals surface area (Å²) in [7, 11) is 0. The third-order valence-corrected chi connectivity index (χ3v) is 7.62. The smallest absolute Gasteiger partial charge is 0.241 e. The summed E-state index contributed by atoms with van der Waals surface area (Å²) in [5.41, 5.74) is 4.61. The molecule has 2 fully saturated rings. The molecule has 2 atom stereocenters. The Morgan fingerprint density at radius 2 is 1.76 bits per heavy atom. The van der Waals surface area contributed by atoms with Gasteiger partial charge in [0.15, 0.2) is 0 Å². The van der Waals surface area contributed by atoms with Crippen molar-refractivity contribution in [2.45, 2.75) is 59.2 Å². The summed E-state index contributed by atoms with van der Waals surface area (Å²) in [6.45, 7) is 10.6. The number of hydrogen-bond donors (Lipinski definition) is 1. The second kappa shape index (κ2) is 12.0. The molecule has 1 amide bonds. The Morgan fingerprint density at radius 3 is 2.54 bits per heavy atom. The number of nitrogens with one attached hydrogen (secondary N) is 1. The van der Waals surface area contributed by atoms with Gasteiger partial charge in [0.05, 0.1) is 12.5 Å². The molecule has 196 valence electrons. The van der Waals surface area contributed by atoms with Crippen molar-refractivity contribution in [2.24, 2.45) is 11.8 Å². The molecule has 0 saturated carbocycles. The highest BCUT2D eigenvalue weighted by Gasteiger charge is 2.27. The molecule has 1 aromatic heterocycles. The fourth-order valence-corrected chi connectivity index (χ4v) is 5.61. The molecule has 0 spiro atoms. The quantitative estimate of drug-likeness (QED) is 0.478. The van der Waals surface area contributed by atoms with Crippen LogP contribution in [0.4, 0.5) is 0 Å². The molecule has 7 nitrogen and oxygen atoms in total. The van der Waals surface area contributed by atoms with Crippen molar-refractivity contribution in [3.8, 4) is 11.4 Å². The number of nitrogens with zero attached hydrogens (tertiary/aromatic N) is 4. The van der Waals surface area contributed by atoms with Crippen LogP contribution in [-0.2, 0) is 24.4 Å². The van der Waals surface area contributed by atoms with Gasteiger partial charge < -0.3 is 9.84 Å². The van der Waals surface area contributed by atoms with E-state index in [1.54, 1.807) is 0 Å². The van der Waals surface area contributed by atoms with Gasteiger partial charge in [-0.3, -0.25) is 14.6 Å². The highest BCUT2D eigenvalue weighted by Crippen LogP contribution is 2.22. The fourth-order valence-electron chi connectivity index (χ4n) is 5.61. The minimum absolute atomic E-state index is 0.0201. The van der Waals surface area contributed by atoms with Gasteiger partial charge in [0, 0.05) is 31.7 Å². The Labute approximate surface area is 220 Å². The number of aryl methyl sites for hydroxylation is 1. The minimum Gasteiger partial charge on any atom is -0.352 e. The SMILES string of the molecule is Cc1cccc(-c2noc(CN3CCCC(C(=O)NCc4ccc(CN5CCCC(C)C5)cc4)C3)n2)c1.